The molecule has 0 radical (unpaired) electrons. The first kappa shape index (κ1) is 21.2. The molecule has 1 atom stereocenters. The molecule has 2 heterocycles. The number of rotatable bonds is 6. The van der Waals surface area contributed by atoms with Gasteiger partial charge in [0, 0.05) is 22.8 Å². The molecule has 0 unspecified atom stereocenters. The van der Waals surface area contributed by atoms with Gasteiger partial charge in [-0.3, -0.25) is 19.5 Å². The smallest absolute Gasteiger partial charge is 0.277 e. The Morgan fingerprint density at radius 2 is 1.90 bits per heavy atom. The average Bonchev–Trinajstić information content (AvgIpc) is 3.32. The molecule has 1 fully saturated rings. The molecule has 3 aromatic rings. The summed E-state index contributed by atoms with van der Waals surface area (Å²) in [6.45, 7) is 1.98. The number of carbonyl (C=O) groups is 2. The lowest BCUT2D eigenvalue weighted by atomic mass is 9.95. The van der Waals surface area contributed by atoms with Gasteiger partial charge in [0.15, 0.2) is 6.04 Å². The first-order valence-electron chi connectivity index (χ1n) is 10.8. The molecule has 1 aliphatic rings. The highest BCUT2D eigenvalue weighted by molar-refractivity contribution is 7.10. The summed E-state index contributed by atoms with van der Waals surface area (Å²) < 4.78 is 0. The molecule has 2 amide bonds. The third-order valence-electron chi connectivity index (χ3n) is 5.65. The van der Waals surface area contributed by atoms with Crippen LogP contribution < -0.4 is 10.2 Å². The highest BCUT2D eigenvalue weighted by Gasteiger charge is 2.35. The summed E-state index contributed by atoms with van der Waals surface area (Å²) in [5, 5.41) is 5.17. The SMILES string of the molecule is Cc1cccc(N(C(=O)c2ccccn2)[C@H](C(=O)NC2CCCCC2)c2cccs2)c1. The molecular weight excluding hydrogens is 406 g/mol. The fourth-order valence-corrected chi connectivity index (χ4v) is 4.93. The standard InChI is InChI=1S/C25H27N3O2S/c1-18-9-7-12-20(17-18)28(25(30)21-13-5-6-15-26-21)23(22-14-8-16-31-22)24(29)27-19-10-3-2-4-11-19/h5-9,12-17,19,23H,2-4,10-11H2,1H3,(H,27,29)/t23-/m0/s1. The maximum Gasteiger partial charge on any atom is 0.277 e. The van der Waals surface area contributed by atoms with E-state index in [1.165, 1.54) is 17.8 Å². The van der Waals surface area contributed by atoms with Gasteiger partial charge in [-0.25, -0.2) is 0 Å². The fraction of sp³-hybridized carbons (Fsp3) is 0.320. The van der Waals surface area contributed by atoms with Crippen LogP contribution in [0.2, 0.25) is 0 Å². The lowest BCUT2D eigenvalue weighted by molar-refractivity contribution is -0.123. The topological polar surface area (TPSA) is 62.3 Å². The number of nitrogens with zero attached hydrogens (tertiary/aromatic N) is 2. The summed E-state index contributed by atoms with van der Waals surface area (Å²) in [4.78, 5) is 34.0. The van der Waals surface area contributed by atoms with Gasteiger partial charge in [0.25, 0.3) is 5.91 Å². The molecule has 4 rings (SSSR count). The van der Waals surface area contributed by atoms with Crippen molar-refractivity contribution in [3.63, 3.8) is 0 Å². The second kappa shape index (κ2) is 9.88. The second-order valence-electron chi connectivity index (χ2n) is 7.99. The van der Waals surface area contributed by atoms with Crippen molar-refractivity contribution >= 4 is 28.8 Å². The Balaban J connectivity index is 1.76. The van der Waals surface area contributed by atoms with Crippen LogP contribution in [0.3, 0.4) is 0 Å². The minimum Gasteiger partial charge on any atom is -0.351 e. The molecule has 0 saturated heterocycles. The Bertz CT molecular complexity index is 1010. The van der Waals surface area contributed by atoms with Crippen LogP contribution in [-0.4, -0.2) is 22.8 Å². The molecule has 0 aliphatic heterocycles. The van der Waals surface area contributed by atoms with E-state index >= 15 is 0 Å². The molecule has 1 N–H and O–H groups in total. The average molecular weight is 434 g/mol. The van der Waals surface area contributed by atoms with E-state index in [9.17, 15) is 9.59 Å². The van der Waals surface area contributed by atoms with Gasteiger partial charge in [0.05, 0.1) is 0 Å². The fourth-order valence-electron chi connectivity index (χ4n) is 4.12. The molecule has 2 aromatic heterocycles. The maximum absolute atomic E-state index is 13.7. The summed E-state index contributed by atoms with van der Waals surface area (Å²) in [7, 11) is 0. The van der Waals surface area contributed by atoms with Crippen LogP contribution in [0.1, 0.15) is 59.1 Å². The van der Waals surface area contributed by atoms with Gasteiger partial charge in [-0.15, -0.1) is 11.3 Å². The maximum atomic E-state index is 13.7. The van der Waals surface area contributed by atoms with Gasteiger partial charge in [0.1, 0.15) is 5.69 Å². The summed E-state index contributed by atoms with van der Waals surface area (Å²) >= 11 is 1.49. The lowest BCUT2D eigenvalue weighted by Crippen LogP contribution is -2.47. The number of hydrogen-bond acceptors (Lipinski definition) is 4. The lowest BCUT2D eigenvalue weighted by Gasteiger charge is -2.32. The van der Waals surface area contributed by atoms with Crippen LogP contribution in [0.25, 0.3) is 0 Å². The third kappa shape index (κ3) is 5.02. The predicted molar refractivity (Wildman–Crippen MR) is 124 cm³/mol. The van der Waals surface area contributed by atoms with Crippen LogP contribution in [-0.2, 0) is 4.79 Å². The second-order valence-corrected chi connectivity index (χ2v) is 8.97. The normalized spacial score (nSPS) is 15.3. The van der Waals surface area contributed by atoms with Crippen molar-refractivity contribution in [3.05, 3.63) is 82.3 Å². The molecule has 6 heteroatoms. The summed E-state index contributed by atoms with van der Waals surface area (Å²) in [5.74, 6) is -0.427. The molecule has 1 aromatic carbocycles. The highest BCUT2D eigenvalue weighted by atomic mass is 32.1. The van der Waals surface area contributed by atoms with Gasteiger partial charge in [-0.1, -0.05) is 43.5 Å². The van der Waals surface area contributed by atoms with Gasteiger partial charge >= 0.3 is 0 Å². The first-order valence-corrected chi connectivity index (χ1v) is 11.7. The monoisotopic (exact) mass is 433 g/mol. The number of carbonyl (C=O) groups excluding carboxylic acids is 2. The molecule has 31 heavy (non-hydrogen) atoms. The number of hydrogen-bond donors (Lipinski definition) is 1. The third-order valence-corrected chi connectivity index (χ3v) is 6.58. The zero-order valence-corrected chi connectivity index (χ0v) is 18.5. The van der Waals surface area contributed by atoms with Crippen LogP contribution in [0, 0.1) is 6.92 Å². The summed E-state index contributed by atoms with van der Waals surface area (Å²) in [6, 6.07) is 16.2. The highest BCUT2D eigenvalue weighted by Crippen LogP contribution is 2.33. The minimum atomic E-state index is -0.752. The van der Waals surface area contributed by atoms with Gasteiger partial charge in [0.2, 0.25) is 5.91 Å². The quantitative estimate of drug-likeness (QED) is 0.575. The number of thiophene rings is 1. The van der Waals surface area contributed by atoms with Gasteiger partial charge in [-0.05, 0) is 61.0 Å². The van der Waals surface area contributed by atoms with Crippen molar-refractivity contribution in [1.29, 1.82) is 0 Å². The zero-order chi connectivity index (χ0) is 21.6. The minimum absolute atomic E-state index is 0.139. The van der Waals surface area contributed by atoms with E-state index in [4.69, 9.17) is 0 Å². The van der Waals surface area contributed by atoms with Crippen molar-refractivity contribution in [1.82, 2.24) is 10.3 Å². The van der Waals surface area contributed by atoms with Crippen LogP contribution in [0.4, 0.5) is 5.69 Å². The Kier molecular flexibility index (Phi) is 6.77. The van der Waals surface area contributed by atoms with Crippen molar-refractivity contribution in [2.45, 2.75) is 51.1 Å². The van der Waals surface area contributed by atoms with E-state index in [0.29, 0.717) is 11.4 Å². The largest absolute Gasteiger partial charge is 0.351 e. The first-order chi connectivity index (χ1) is 15.1. The van der Waals surface area contributed by atoms with Gasteiger partial charge < -0.3 is 5.32 Å². The van der Waals surface area contributed by atoms with Crippen LogP contribution >= 0.6 is 11.3 Å². The van der Waals surface area contributed by atoms with Crippen LogP contribution in [0.15, 0.2) is 66.2 Å². The number of nitrogens with one attached hydrogen (secondary N) is 1. The van der Waals surface area contributed by atoms with Crippen molar-refractivity contribution < 1.29 is 9.59 Å². The van der Waals surface area contributed by atoms with Crippen molar-refractivity contribution in [2.24, 2.45) is 0 Å². The summed E-state index contributed by atoms with van der Waals surface area (Å²) in [5.41, 5.74) is 2.03. The Hall–Kier alpha value is -2.99. The molecule has 1 aliphatic carbocycles. The van der Waals surface area contributed by atoms with E-state index in [2.05, 4.69) is 10.3 Å². The van der Waals surface area contributed by atoms with Crippen LogP contribution in [0.5, 0.6) is 0 Å². The number of amides is 2. The molecule has 1 saturated carbocycles. The number of benzene rings is 1. The van der Waals surface area contributed by atoms with Crippen molar-refractivity contribution in [2.75, 3.05) is 4.90 Å². The Morgan fingerprint density at radius 1 is 1.06 bits per heavy atom. The molecule has 0 spiro atoms. The molecule has 5 nitrogen and oxygen atoms in total. The van der Waals surface area contributed by atoms with Gasteiger partial charge in [-0.2, -0.15) is 0 Å². The van der Waals surface area contributed by atoms with E-state index in [0.717, 1.165) is 36.1 Å². The number of aromatic nitrogens is 1. The predicted octanol–water partition coefficient (Wildman–Crippen LogP) is 5.29. The number of pyridine rings is 1. The Morgan fingerprint density at radius 3 is 2.58 bits per heavy atom. The molecule has 160 valence electrons. The van der Waals surface area contributed by atoms with E-state index in [1.807, 2.05) is 48.7 Å². The number of anilines is 1. The van der Waals surface area contributed by atoms with E-state index in [1.54, 1.807) is 29.3 Å². The Labute approximate surface area is 187 Å². The molecular formula is C25H27N3O2S. The zero-order valence-electron chi connectivity index (χ0n) is 17.7. The molecule has 0 bridgehead atoms. The van der Waals surface area contributed by atoms with E-state index in [-0.39, 0.29) is 17.9 Å². The summed E-state index contributed by atoms with van der Waals surface area (Å²) in [6.07, 6.45) is 7.05. The number of aryl methyl sites for hydroxylation is 1. The van der Waals surface area contributed by atoms with Crippen molar-refractivity contribution in [3.8, 4) is 0 Å². The van der Waals surface area contributed by atoms with E-state index < -0.39 is 6.04 Å².